The number of aliphatic hydroxyl groups excluding tert-OH is 1. The van der Waals surface area contributed by atoms with Crippen molar-refractivity contribution in [3.05, 3.63) is 18.2 Å². The van der Waals surface area contributed by atoms with Crippen molar-refractivity contribution >= 4 is 11.4 Å². The minimum atomic E-state index is -0.274. The molecule has 0 aromatic heterocycles. The predicted molar refractivity (Wildman–Crippen MR) is 73.9 cm³/mol. The molecule has 0 aliphatic heterocycles. The van der Waals surface area contributed by atoms with Crippen LogP contribution < -0.4 is 15.8 Å². The van der Waals surface area contributed by atoms with Crippen LogP contribution >= 0.6 is 0 Å². The van der Waals surface area contributed by atoms with Crippen molar-refractivity contribution in [1.82, 2.24) is 0 Å². The van der Waals surface area contributed by atoms with Crippen LogP contribution in [0.25, 0.3) is 0 Å². The number of rotatable bonds is 7. The van der Waals surface area contributed by atoms with Gasteiger partial charge in [0.15, 0.2) is 0 Å². The highest BCUT2D eigenvalue weighted by atomic mass is 16.5. The summed E-state index contributed by atoms with van der Waals surface area (Å²) in [5.41, 5.74) is 7.49. The Bertz CT molecular complexity index is 391. The maximum Gasteiger partial charge on any atom is 0.144 e. The first-order chi connectivity index (χ1) is 8.72. The average molecular weight is 250 g/mol. The number of nitrogen functional groups attached to an aromatic ring is 1. The Labute approximate surface area is 108 Å². The summed E-state index contributed by atoms with van der Waals surface area (Å²) in [5, 5.41) is 13.0. The van der Waals surface area contributed by atoms with Gasteiger partial charge >= 0.3 is 0 Å². The molecule has 1 saturated carbocycles. The molecule has 4 N–H and O–H groups in total. The zero-order valence-corrected chi connectivity index (χ0v) is 10.9. The van der Waals surface area contributed by atoms with Crippen LogP contribution in [0.4, 0.5) is 11.4 Å². The number of anilines is 2. The monoisotopic (exact) mass is 250 g/mol. The van der Waals surface area contributed by atoms with Crippen LogP contribution in [0.15, 0.2) is 18.2 Å². The Balaban J connectivity index is 1.94. The summed E-state index contributed by atoms with van der Waals surface area (Å²) >= 11 is 0. The maximum atomic E-state index is 9.82. The Hall–Kier alpha value is -1.42. The first-order valence-corrected chi connectivity index (χ1v) is 6.65. The van der Waals surface area contributed by atoms with Crippen molar-refractivity contribution in [2.24, 2.45) is 5.92 Å². The molecule has 4 heteroatoms. The topological polar surface area (TPSA) is 67.5 Å². The number of hydrogen-bond acceptors (Lipinski definition) is 4. The summed E-state index contributed by atoms with van der Waals surface area (Å²) in [6.07, 6.45) is 2.96. The van der Waals surface area contributed by atoms with Crippen LogP contribution in [0.2, 0.25) is 0 Å². The third-order valence-corrected chi connectivity index (χ3v) is 3.20. The lowest BCUT2D eigenvalue weighted by atomic mass is 10.2. The fourth-order valence-electron chi connectivity index (χ4n) is 1.90. The Kier molecular flexibility index (Phi) is 4.31. The summed E-state index contributed by atoms with van der Waals surface area (Å²) < 4.78 is 5.57. The van der Waals surface area contributed by atoms with E-state index in [1.807, 2.05) is 18.2 Å². The van der Waals surface area contributed by atoms with E-state index in [0.29, 0.717) is 30.5 Å². The minimum absolute atomic E-state index is 0.274. The molecule has 0 heterocycles. The molecule has 1 fully saturated rings. The molecule has 18 heavy (non-hydrogen) atoms. The summed E-state index contributed by atoms with van der Waals surface area (Å²) in [6, 6.07) is 5.69. The van der Waals surface area contributed by atoms with Crippen LogP contribution in [-0.4, -0.2) is 24.4 Å². The van der Waals surface area contributed by atoms with E-state index in [2.05, 4.69) is 12.2 Å². The van der Waals surface area contributed by atoms with Crippen molar-refractivity contribution in [2.45, 2.75) is 32.3 Å². The SMILES string of the molecule is CCCOc1cccc(NCC(O)C2CC2)c1N. The van der Waals surface area contributed by atoms with E-state index in [1.54, 1.807) is 0 Å². The fraction of sp³-hybridized carbons (Fsp3) is 0.571. The van der Waals surface area contributed by atoms with Crippen LogP contribution in [-0.2, 0) is 0 Å². The zero-order chi connectivity index (χ0) is 13.0. The van der Waals surface area contributed by atoms with Gasteiger partial charge in [-0.2, -0.15) is 0 Å². The molecule has 1 unspecified atom stereocenters. The summed E-state index contributed by atoms with van der Waals surface area (Å²) in [6.45, 7) is 3.27. The standard InChI is InChI=1S/C14H22N2O2/c1-2-8-18-13-5-3-4-11(14(13)15)16-9-12(17)10-6-7-10/h3-5,10,12,16-17H,2,6-9,15H2,1H3. The number of hydrogen-bond donors (Lipinski definition) is 3. The third kappa shape index (κ3) is 3.29. The van der Waals surface area contributed by atoms with Gasteiger partial charge in [0.25, 0.3) is 0 Å². The van der Waals surface area contributed by atoms with E-state index in [1.165, 1.54) is 0 Å². The van der Waals surface area contributed by atoms with Gasteiger partial charge in [0, 0.05) is 6.54 Å². The molecule has 4 nitrogen and oxygen atoms in total. The van der Waals surface area contributed by atoms with Gasteiger partial charge in [-0.05, 0) is 37.3 Å². The van der Waals surface area contributed by atoms with Crippen LogP contribution in [0, 0.1) is 5.92 Å². The molecule has 2 rings (SSSR count). The van der Waals surface area contributed by atoms with Crippen LogP contribution in [0.5, 0.6) is 5.75 Å². The van der Waals surface area contributed by atoms with Crippen molar-refractivity contribution in [3.8, 4) is 5.75 Å². The molecule has 0 radical (unpaired) electrons. The van der Waals surface area contributed by atoms with Gasteiger partial charge in [-0.3, -0.25) is 0 Å². The smallest absolute Gasteiger partial charge is 0.144 e. The van der Waals surface area contributed by atoms with Gasteiger partial charge < -0.3 is 20.9 Å². The van der Waals surface area contributed by atoms with E-state index in [9.17, 15) is 5.11 Å². The van der Waals surface area contributed by atoms with Crippen molar-refractivity contribution in [2.75, 3.05) is 24.2 Å². The first-order valence-electron chi connectivity index (χ1n) is 6.65. The maximum absolute atomic E-state index is 9.82. The van der Waals surface area contributed by atoms with Gasteiger partial charge in [0.2, 0.25) is 0 Å². The predicted octanol–water partition coefficient (Wildman–Crippen LogP) is 2.24. The highest BCUT2D eigenvalue weighted by molar-refractivity contribution is 5.72. The van der Waals surface area contributed by atoms with Gasteiger partial charge in [0.1, 0.15) is 5.75 Å². The quantitative estimate of drug-likeness (QED) is 0.649. The second kappa shape index (κ2) is 5.96. The van der Waals surface area contributed by atoms with Crippen molar-refractivity contribution in [3.63, 3.8) is 0 Å². The molecule has 0 saturated heterocycles. The first kappa shape index (κ1) is 13.0. The molecule has 0 amide bonds. The van der Waals surface area contributed by atoms with Crippen LogP contribution in [0.3, 0.4) is 0 Å². The second-order valence-corrected chi connectivity index (χ2v) is 4.85. The van der Waals surface area contributed by atoms with Gasteiger partial charge in [0.05, 0.1) is 24.1 Å². The van der Waals surface area contributed by atoms with Crippen LogP contribution in [0.1, 0.15) is 26.2 Å². The minimum Gasteiger partial charge on any atom is -0.491 e. The normalized spacial score (nSPS) is 16.3. The molecular weight excluding hydrogens is 228 g/mol. The zero-order valence-electron chi connectivity index (χ0n) is 10.9. The molecular formula is C14H22N2O2. The van der Waals surface area contributed by atoms with Gasteiger partial charge in [-0.1, -0.05) is 13.0 Å². The molecule has 0 bridgehead atoms. The number of nitrogens with one attached hydrogen (secondary N) is 1. The molecule has 1 aromatic carbocycles. The number of ether oxygens (including phenoxy) is 1. The molecule has 0 spiro atoms. The summed E-state index contributed by atoms with van der Waals surface area (Å²) in [7, 11) is 0. The highest BCUT2D eigenvalue weighted by Gasteiger charge is 2.29. The lowest BCUT2D eigenvalue weighted by Crippen LogP contribution is -2.21. The number of aliphatic hydroxyl groups is 1. The largest absolute Gasteiger partial charge is 0.491 e. The Morgan fingerprint density at radius 2 is 2.28 bits per heavy atom. The van der Waals surface area contributed by atoms with Crippen molar-refractivity contribution in [1.29, 1.82) is 0 Å². The van der Waals surface area contributed by atoms with E-state index in [0.717, 1.165) is 24.9 Å². The summed E-state index contributed by atoms with van der Waals surface area (Å²) in [5.74, 6) is 1.18. The highest BCUT2D eigenvalue weighted by Crippen LogP contribution is 2.34. The summed E-state index contributed by atoms with van der Waals surface area (Å²) in [4.78, 5) is 0. The molecule has 1 aliphatic carbocycles. The molecule has 100 valence electrons. The fourth-order valence-corrected chi connectivity index (χ4v) is 1.90. The third-order valence-electron chi connectivity index (χ3n) is 3.20. The molecule has 1 atom stereocenters. The van der Waals surface area contributed by atoms with E-state index in [-0.39, 0.29) is 6.10 Å². The Morgan fingerprint density at radius 3 is 2.94 bits per heavy atom. The van der Waals surface area contributed by atoms with E-state index < -0.39 is 0 Å². The lowest BCUT2D eigenvalue weighted by molar-refractivity contribution is 0.164. The molecule has 1 aromatic rings. The van der Waals surface area contributed by atoms with Crippen molar-refractivity contribution < 1.29 is 9.84 Å². The number of para-hydroxylation sites is 1. The second-order valence-electron chi connectivity index (χ2n) is 4.85. The van der Waals surface area contributed by atoms with Gasteiger partial charge in [-0.25, -0.2) is 0 Å². The van der Waals surface area contributed by atoms with Gasteiger partial charge in [-0.15, -0.1) is 0 Å². The lowest BCUT2D eigenvalue weighted by Gasteiger charge is -2.15. The molecule has 1 aliphatic rings. The Morgan fingerprint density at radius 1 is 1.50 bits per heavy atom. The van der Waals surface area contributed by atoms with E-state index in [4.69, 9.17) is 10.5 Å². The number of nitrogens with two attached hydrogens (primary N) is 1. The average Bonchev–Trinajstić information content (AvgIpc) is 3.20. The number of benzene rings is 1. The van der Waals surface area contributed by atoms with E-state index >= 15 is 0 Å².